The predicted octanol–water partition coefficient (Wildman–Crippen LogP) is 4.39. The minimum atomic E-state index is -0.165. The summed E-state index contributed by atoms with van der Waals surface area (Å²) in [7, 11) is 0. The number of halogens is 1. The summed E-state index contributed by atoms with van der Waals surface area (Å²) in [4.78, 5) is 12.4. The lowest BCUT2D eigenvalue weighted by Crippen LogP contribution is -2.02. The molecule has 0 saturated carbocycles. The highest BCUT2D eigenvalue weighted by Crippen LogP contribution is 2.23. The molecule has 0 unspecified atom stereocenters. The second-order valence-corrected chi connectivity index (χ2v) is 4.13. The number of benzene rings is 2. The van der Waals surface area contributed by atoms with Crippen LogP contribution in [-0.4, -0.2) is 5.78 Å². The molecule has 0 amide bonds. The summed E-state index contributed by atoms with van der Waals surface area (Å²) in [5, 5.41) is 0.436. The smallest absolute Gasteiger partial charge is 0.202 e. The Morgan fingerprint density at radius 2 is 1.61 bits per heavy atom. The van der Waals surface area contributed by atoms with Gasteiger partial charge in [0.15, 0.2) is 0 Å². The zero-order valence-corrected chi connectivity index (χ0v) is 10.4. The fourth-order valence-corrected chi connectivity index (χ4v) is 1.92. The van der Waals surface area contributed by atoms with Crippen molar-refractivity contribution in [1.82, 2.24) is 0 Å². The molecule has 0 heterocycles. The van der Waals surface area contributed by atoms with E-state index in [9.17, 15) is 4.79 Å². The van der Waals surface area contributed by atoms with Crippen molar-refractivity contribution in [2.45, 2.75) is 0 Å². The van der Waals surface area contributed by atoms with E-state index in [1.165, 1.54) is 0 Å². The average Bonchev–Trinajstić information content (AvgIpc) is 2.41. The normalized spacial score (nSPS) is 9.61. The van der Waals surface area contributed by atoms with Crippen molar-refractivity contribution in [2.75, 3.05) is 0 Å². The van der Waals surface area contributed by atoms with E-state index in [-0.39, 0.29) is 5.78 Å². The molecule has 0 atom stereocenters. The first-order valence-electron chi connectivity index (χ1n) is 5.48. The van der Waals surface area contributed by atoms with Crippen LogP contribution < -0.4 is 0 Å². The molecule has 0 aliphatic carbocycles. The molecular formula is C16H11ClO. The third-order valence-electron chi connectivity index (χ3n) is 2.58. The summed E-state index contributed by atoms with van der Waals surface area (Å²) in [6.07, 6.45) is 0. The van der Waals surface area contributed by atoms with E-state index >= 15 is 0 Å². The molecule has 0 aliphatic heterocycles. The van der Waals surface area contributed by atoms with Gasteiger partial charge in [-0.2, -0.15) is 0 Å². The van der Waals surface area contributed by atoms with Gasteiger partial charge in [0.1, 0.15) is 0 Å². The van der Waals surface area contributed by atoms with Crippen LogP contribution in [0.5, 0.6) is 0 Å². The van der Waals surface area contributed by atoms with Crippen LogP contribution in [0.4, 0.5) is 0 Å². The van der Waals surface area contributed by atoms with Crippen molar-refractivity contribution in [2.24, 2.45) is 0 Å². The van der Waals surface area contributed by atoms with E-state index in [0.717, 1.165) is 5.56 Å². The molecule has 18 heavy (non-hydrogen) atoms. The maximum Gasteiger partial charge on any atom is 0.202 e. The zero-order chi connectivity index (χ0) is 13.0. The van der Waals surface area contributed by atoms with Gasteiger partial charge in [-0.25, -0.2) is 0 Å². The van der Waals surface area contributed by atoms with Crippen molar-refractivity contribution in [3.8, 4) is 0 Å². The minimum absolute atomic E-state index is 0.165. The summed E-state index contributed by atoms with van der Waals surface area (Å²) >= 11 is 6.03. The van der Waals surface area contributed by atoms with Crippen LogP contribution in [0.3, 0.4) is 0 Å². The van der Waals surface area contributed by atoms with Crippen LogP contribution in [0.2, 0.25) is 5.02 Å². The number of ketones is 1. The molecular weight excluding hydrogens is 244 g/mol. The van der Waals surface area contributed by atoms with E-state index < -0.39 is 0 Å². The van der Waals surface area contributed by atoms with Gasteiger partial charge in [-0.1, -0.05) is 60.6 Å². The van der Waals surface area contributed by atoms with Crippen LogP contribution >= 0.6 is 11.6 Å². The summed E-state index contributed by atoms with van der Waals surface area (Å²) in [5.41, 5.74) is 4.39. The van der Waals surface area contributed by atoms with Gasteiger partial charge < -0.3 is 0 Å². The third kappa shape index (κ3) is 2.43. The Balaban J connectivity index is 2.46. The molecule has 0 spiro atoms. The maximum atomic E-state index is 12.4. The maximum absolute atomic E-state index is 12.4. The highest BCUT2D eigenvalue weighted by atomic mass is 35.5. The molecule has 2 aromatic carbocycles. The van der Waals surface area contributed by atoms with Gasteiger partial charge in [0.25, 0.3) is 0 Å². The average molecular weight is 255 g/mol. The van der Waals surface area contributed by atoms with Crippen LogP contribution in [0.15, 0.2) is 66.9 Å². The van der Waals surface area contributed by atoms with Crippen LogP contribution in [-0.2, 0) is 0 Å². The second kappa shape index (κ2) is 5.50. The Kier molecular flexibility index (Phi) is 3.78. The first-order chi connectivity index (χ1) is 8.74. The van der Waals surface area contributed by atoms with E-state index in [4.69, 9.17) is 11.6 Å². The fraction of sp³-hybridized carbons (Fsp3) is 0. The van der Waals surface area contributed by atoms with Gasteiger partial charge in [-0.15, -0.1) is 5.73 Å². The van der Waals surface area contributed by atoms with Gasteiger partial charge in [0.2, 0.25) is 5.78 Å². The molecule has 0 bridgehead atoms. The van der Waals surface area contributed by atoms with E-state index in [1.807, 2.05) is 30.3 Å². The SMILES string of the molecule is C=C=C(C(=O)c1ccccc1Cl)c1ccccc1. The number of Topliss-reactive ketones (excluding diaryl/α,β-unsaturated/α-hetero) is 1. The van der Waals surface area contributed by atoms with Gasteiger partial charge >= 0.3 is 0 Å². The second-order valence-electron chi connectivity index (χ2n) is 3.73. The highest BCUT2D eigenvalue weighted by Gasteiger charge is 2.15. The third-order valence-corrected chi connectivity index (χ3v) is 2.91. The monoisotopic (exact) mass is 254 g/mol. The van der Waals surface area contributed by atoms with E-state index in [2.05, 4.69) is 12.3 Å². The van der Waals surface area contributed by atoms with Crippen molar-refractivity contribution < 1.29 is 4.79 Å². The Labute approximate surface area is 111 Å². The van der Waals surface area contributed by atoms with Crippen LogP contribution in [0.25, 0.3) is 5.57 Å². The molecule has 1 nitrogen and oxygen atoms in total. The molecule has 0 aromatic heterocycles. The zero-order valence-electron chi connectivity index (χ0n) is 9.69. The number of rotatable bonds is 3. The van der Waals surface area contributed by atoms with E-state index in [1.54, 1.807) is 24.3 Å². The van der Waals surface area contributed by atoms with Gasteiger partial charge in [0, 0.05) is 5.56 Å². The number of carbonyl (C=O) groups excluding carboxylic acids is 1. The first kappa shape index (κ1) is 12.4. The van der Waals surface area contributed by atoms with Crippen molar-refractivity contribution in [1.29, 1.82) is 0 Å². The molecule has 2 aromatic rings. The quantitative estimate of drug-likeness (QED) is 0.451. The molecule has 2 heteroatoms. The summed E-state index contributed by atoms with van der Waals surface area (Å²) in [6, 6.07) is 16.3. The lowest BCUT2D eigenvalue weighted by Gasteiger charge is -2.06. The van der Waals surface area contributed by atoms with E-state index in [0.29, 0.717) is 16.2 Å². The molecule has 2 rings (SSSR count). The van der Waals surface area contributed by atoms with Crippen molar-refractivity contribution in [3.05, 3.63) is 83.1 Å². The number of carbonyl (C=O) groups is 1. The van der Waals surface area contributed by atoms with Crippen molar-refractivity contribution in [3.63, 3.8) is 0 Å². The number of hydrogen-bond acceptors (Lipinski definition) is 1. The largest absolute Gasteiger partial charge is 0.288 e. The predicted molar refractivity (Wildman–Crippen MR) is 74.8 cm³/mol. The summed E-state index contributed by atoms with van der Waals surface area (Å²) in [6.45, 7) is 3.59. The Hall–Kier alpha value is -2.08. The summed E-state index contributed by atoms with van der Waals surface area (Å²) < 4.78 is 0. The standard InChI is InChI=1S/C16H11ClO/c1-2-13(12-8-4-3-5-9-12)16(18)14-10-6-7-11-15(14)17/h3-11H,1H2. The Bertz CT molecular complexity index is 623. The molecule has 0 radical (unpaired) electrons. The lowest BCUT2D eigenvalue weighted by atomic mass is 9.98. The van der Waals surface area contributed by atoms with Gasteiger partial charge in [-0.05, 0) is 17.7 Å². The lowest BCUT2D eigenvalue weighted by molar-refractivity contribution is 0.105. The summed E-state index contributed by atoms with van der Waals surface area (Å²) in [5.74, 6) is -0.165. The van der Waals surface area contributed by atoms with Crippen molar-refractivity contribution >= 4 is 23.0 Å². The fourth-order valence-electron chi connectivity index (χ4n) is 1.70. The molecule has 88 valence electrons. The minimum Gasteiger partial charge on any atom is -0.288 e. The number of hydrogen-bond donors (Lipinski definition) is 0. The topological polar surface area (TPSA) is 17.1 Å². The molecule has 0 aliphatic rings. The van der Waals surface area contributed by atoms with Crippen LogP contribution in [0, 0.1) is 0 Å². The number of allylic oxidation sites excluding steroid dienone is 1. The molecule has 0 N–H and O–H groups in total. The van der Waals surface area contributed by atoms with Crippen LogP contribution in [0.1, 0.15) is 15.9 Å². The molecule has 0 saturated heterocycles. The Morgan fingerprint density at radius 1 is 1.00 bits per heavy atom. The Morgan fingerprint density at radius 3 is 2.22 bits per heavy atom. The molecule has 0 fully saturated rings. The first-order valence-corrected chi connectivity index (χ1v) is 5.86. The van der Waals surface area contributed by atoms with Gasteiger partial charge in [0.05, 0.1) is 10.6 Å². The highest BCUT2D eigenvalue weighted by molar-refractivity contribution is 6.38. The van der Waals surface area contributed by atoms with Gasteiger partial charge in [-0.3, -0.25) is 4.79 Å².